The first-order valence-electron chi connectivity index (χ1n) is 16.5. The molecule has 0 radical (unpaired) electrons. The van der Waals surface area contributed by atoms with Gasteiger partial charge in [0.05, 0.1) is 25.4 Å². The van der Waals surface area contributed by atoms with Crippen molar-refractivity contribution in [3.05, 3.63) is 22.6 Å². The lowest BCUT2D eigenvalue weighted by atomic mass is 9.84. The lowest BCUT2D eigenvalue weighted by molar-refractivity contribution is -0.350. The molecule has 13 atom stereocenters. The molecule has 11 N–H and O–H groups in total. The molecule has 0 aromatic carbocycles. The Morgan fingerprint density at radius 3 is 1.93 bits per heavy atom. The minimum absolute atomic E-state index is 0.631. The second-order valence-electron chi connectivity index (χ2n) is 12.3. The molecular weight excluding hydrogens is 608 g/mol. The highest BCUT2D eigenvalue weighted by atomic mass is 16.7. The number of nitrogens with two attached hydrogens (primary N) is 1. The van der Waals surface area contributed by atoms with Gasteiger partial charge in [-0.1, -0.05) is 88.4 Å². The zero-order valence-corrected chi connectivity index (χ0v) is 26.7. The molecule has 0 saturated carbocycles. The number of hydrogen-bond donors (Lipinski definition) is 10. The van der Waals surface area contributed by atoms with Gasteiger partial charge in [-0.15, -0.1) is 0 Å². The van der Waals surface area contributed by atoms with E-state index in [4.69, 9.17) is 19.9 Å². The maximum absolute atomic E-state index is 11.3. The second kappa shape index (κ2) is 20.8. The van der Waals surface area contributed by atoms with E-state index in [9.17, 15) is 51.5 Å². The summed E-state index contributed by atoms with van der Waals surface area (Å²) in [7, 11) is 0. The third kappa shape index (κ3) is 11.0. The lowest BCUT2D eigenvalue weighted by Crippen LogP contribution is -2.71. The highest BCUT2D eigenvalue weighted by molar-refractivity contribution is 5.10. The molecule has 0 aromatic heterocycles. The van der Waals surface area contributed by atoms with E-state index in [1.165, 1.54) is 57.4 Å². The van der Waals surface area contributed by atoms with Crippen LogP contribution >= 0.6 is 0 Å². The summed E-state index contributed by atoms with van der Waals surface area (Å²) in [6.07, 6.45) is -2.51. The molecule has 16 heteroatoms. The molecule has 2 fully saturated rings. The predicted molar refractivity (Wildman–Crippen MR) is 165 cm³/mol. The van der Waals surface area contributed by atoms with Gasteiger partial charge in [-0.2, -0.15) is 0 Å². The third-order valence-electron chi connectivity index (χ3n) is 8.79. The van der Waals surface area contributed by atoms with E-state index in [2.05, 4.69) is 16.9 Å². The summed E-state index contributed by atoms with van der Waals surface area (Å²) >= 11 is 0. The normalized spacial score (nSPS) is 34.6. The van der Waals surface area contributed by atoms with Crippen LogP contribution in [-0.2, 0) is 14.2 Å². The molecule has 0 spiro atoms. The minimum atomic E-state index is -2.82. The van der Waals surface area contributed by atoms with E-state index >= 15 is 0 Å². The Balaban J connectivity index is 1.96. The van der Waals surface area contributed by atoms with Crippen LogP contribution in [0.5, 0.6) is 0 Å². The van der Waals surface area contributed by atoms with E-state index in [-0.39, 0.29) is 0 Å². The summed E-state index contributed by atoms with van der Waals surface area (Å²) in [6.45, 7) is 0.569. The van der Waals surface area contributed by atoms with Crippen molar-refractivity contribution in [3.63, 3.8) is 0 Å². The quantitative estimate of drug-likeness (QED) is 0.0246. The summed E-state index contributed by atoms with van der Waals surface area (Å²) in [5.74, 6) is 0. The first-order valence-corrected chi connectivity index (χ1v) is 16.5. The topological polar surface area (TPSA) is 285 Å². The SMILES string of the molecule is CCCCCCCCCCCCC/C=C/[C@@H](O)[C@@H](N)C(O)(N=[N+]=[N-])C1O[C@H](CO)[C@@H](O[C@@H]2O[C@H](CO)[C@H](O)[C@H](O)[C@H]2O)[C@H](O)[C@H]1O. The van der Waals surface area contributed by atoms with Crippen LogP contribution in [0.25, 0.3) is 10.4 Å². The Labute approximate surface area is 270 Å². The van der Waals surface area contributed by atoms with Crippen molar-refractivity contribution in [2.75, 3.05) is 13.2 Å². The molecule has 0 aliphatic carbocycles. The molecule has 2 saturated heterocycles. The van der Waals surface area contributed by atoms with Crippen LogP contribution < -0.4 is 5.73 Å². The molecule has 2 unspecified atom stereocenters. The summed E-state index contributed by atoms with van der Waals surface area (Å²) in [5.41, 5.74) is 12.5. The number of allylic oxidation sites excluding steroid dienone is 1. The first kappa shape index (κ1) is 40.7. The van der Waals surface area contributed by atoms with Crippen molar-refractivity contribution >= 4 is 0 Å². The van der Waals surface area contributed by atoms with Crippen LogP contribution in [0.15, 0.2) is 17.3 Å². The van der Waals surface area contributed by atoms with Crippen molar-refractivity contribution < 1.29 is 60.2 Å². The van der Waals surface area contributed by atoms with Gasteiger partial charge in [-0.05, 0) is 18.4 Å². The molecule has 2 aliphatic heterocycles. The molecule has 2 heterocycles. The molecule has 0 amide bonds. The predicted octanol–water partition coefficient (Wildman–Crippen LogP) is -0.403. The van der Waals surface area contributed by atoms with Crippen LogP contribution in [0.3, 0.4) is 0 Å². The molecule has 0 bridgehead atoms. The molecule has 0 aromatic rings. The minimum Gasteiger partial charge on any atom is -0.394 e. The lowest BCUT2D eigenvalue weighted by Gasteiger charge is -2.49. The highest BCUT2D eigenvalue weighted by Gasteiger charge is 2.57. The molecule has 16 nitrogen and oxygen atoms in total. The third-order valence-corrected chi connectivity index (χ3v) is 8.79. The Bertz CT molecular complexity index is 926. The van der Waals surface area contributed by atoms with E-state index < -0.39 is 92.3 Å². The fraction of sp³-hybridized carbons (Fsp3) is 0.933. The van der Waals surface area contributed by atoms with Gasteiger partial charge in [0.15, 0.2) is 12.0 Å². The number of hydrogen-bond acceptors (Lipinski definition) is 14. The average Bonchev–Trinajstić information content (AvgIpc) is 3.05. The Morgan fingerprint density at radius 2 is 1.39 bits per heavy atom. The zero-order chi connectivity index (χ0) is 34.3. The smallest absolute Gasteiger partial charge is 0.190 e. The summed E-state index contributed by atoms with van der Waals surface area (Å²) in [5, 5.41) is 97.0. The fourth-order valence-electron chi connectivity index (χ4n) is 5.86. The number of azide groups is 1. The second-order valence-corrected chi connectivity index (χ2v) is 12.3. The number of rotatable bonds is 21. The molecule has 268 valence electrons. The van der Waals surface area contributed by atoms with Crippen molar-refractivity contribution in [1.29, 1.82) is 0 Å². The van der Waals surface area contributed by atoms with Crippen molar-refractivity contribution in [2.24, 2.45) is 10.8 Å². The number of aliphatic hydroxyl groups is 9. The van der Waals surface area contributed by atoms with Gasteiger partial charge in [0.25, 0.3) is 0 Å². The molecule has 2 aliphatic rings. The Kier molecular flexibility index (Phi) is 18.4. The standard InChI is InChI=1S/C30H56N4O12/c1-2-3-4-5-6-7-8-9-10-11-12-13-14-15-18(37)27(31)30(43,33-34-32)28-24(41)23(40)26(20(17-36)44-28)46-29-25(42)22(39)21(38)19(16-35)45-29/h14-15,18-29,35-43H,2-13,16-17,31H2,1H3/b15-14+/t18-,19-,20-,21+,22+,23-,24-,25-,26-,27-,28?,29+,30?/m1/s1. The maximum atomic E-state index is 11.3. The number of nitrogens with zero attached hydrogens (tertiary/aromatic N) is 3. The highest BCUT2D eigenvalue weighted by Crippen LogP contribution is 2.35. The van der Waals surface area contributed by atoms with E-state index in [1.54, 1.807) is 6.08 Å². The van der Waals surface area contributed by atoms with Gasteiger partial charge in [-0.3, -0.25) is 0 Å². The van der Waals surface area contributed by atoms with Gasteiger partial charge >= 0.3 is 0 Å². The van der Waals surface area contributed by atoms with Crippen molar-refractivity contribution in [2.45, 2.75) is 163 Å². The summed E-state index contributed by atoms with van der Waals surface area (Å²) in [4.78, 5) is 2.59. The van der Waals surface area contributed by atoms with E-state index in [0.717, 1.165) is 19.3 Å². The van der Waals surface area contributed by atoms with Crippen LogP contribution in [0, 0.1) is 0 Å². The number of unbranched alkanes of at least 4 members (excludes halogenated alkanes) is 11. The largest absolute Gasteiger partial charge is 0.394 e. The van der Waals surface area contributed by atoms with Gasteiger partial charge in [0.1, 0.15) is 54.9 Å². The number of ether oxygens (including phenoxy) is 3. The van der Waals surface area contributed by atoms with Gasteiger partial charge < -0.3 is 65.9 Å². The Morgan fingerprint density at radius 1 is 0.826 bits per heavy atom. The number of aliphatic hydroxyl groups excluding tert-OH is 8. The maximum Gasteiger partial charge on any atom is 0.190 e. The van der Waals surface area contributed by atoms with E-state index in [0.29, 0.717) is 6.42 Å². The van der Waals surface area contributed by atoms with Crippen LogP contribution in [0.4, 0.5) is 0 Å². The van der Waals surface area contributed by atoms with E-state index in [1.807, 2.05) is 0 Å². The molecule has 2 rings (SSSR count). The molecular formula is C30H56N4O12. The van der Waals surface area contributed by atoms with Gasteiger partial charge in [0.2, 0.25) is 0 Å². The van der Waals surface area contributed by atoms with Crippen molar-refractivity contribution in [1.82, 2.24) is 0 Å². The van der Waals surface area contributed by atoms with Crippen LogP contribution in [0.1, 0.15) is 84.0 Å². The average molecular weight is 665 g/mol. The van der Waals surface area contributed by atoms with Gasteiger partial charge in [-0.25, -0.2) is 0 Å². The first-order chi connectivity index (χ1) is 22.0. The molecule has 46 heavy (non-hydrogen) atoms. The van der Waals surface area contributed by atoms with Crippen LogP contribution in [-0.4, -0.2) is 138 Å². The summed E-state index contributed by atoms with van der Waals surface area (Å²) in [6, 6.07) is -1.74. The zero-order valence-electron chi connectivity index (χ0n) is 26.7. The summed E-state index contributed by atoms with van der Waals surface area (Å²) < 4.78 is 16.4. The fourth-order valence-corrected chi connectivity index (χ4v) is 5.86. The van der Waals surface area contributed by atoms with Gasteiger partial charge in [0, 0.05) is 4.91 Å². The monoisotopic (exact) mass is 664 g/mol. The Hall–Kier alpha value is -1.47. The van der Waals surface area contributed by atoms with Crippen molar-refractivity contribution in [3.8, 4) is 0 Å². The van der Waals surface area contributed by atoms with Crippen LogP contribution in [0.2, 0.25) is 0 Å².